The van der Waals surface area contributed by atoms with Crippen LogP contribution in [0.25, 0.3) is 0 Å². The molecule has 0 heterocycles. The van der Waals surface area contributed by atoms with Gasteiger partial charge in [-0.3, -0.25) is 0 Å². The lowest BCUT2D eigenvalue weighted by atomic mass is 10.7. The monoisotopic (exact) mass is 168 g/mol. The number of carboxylic acid groups (broad SMARTS) is 2. The number of hydrogen-bond donors (Lipinski definition) is 2. The third kappa shape index (κ3) is 17.7. The van der Waals surface area contributed by atoms with Crippen molar-refractivity contribution in [1.82, 2.24) is 12.3 Å². The Balaban J connectivity index is -0.000000320. The number of quaternary nitrogens is 2. The standard InChI is InChI=1S/C4H6O5.2H3N/c5-3(6)1-9-2-4(7)8;;/h1-2H2,(H,5,6)(H,7,8);2*1H3. The van der Waals surface area contributed by atoms with Crippen LogP contribution in [0.3, 0.4) is 0 Å². The van der Waals surface area contributed by atoms with Crippen molar-refractivity contribution in [3.8, 4) is 0 Å². The maximum absolute atomic E-state index is 9.53. The van der Waals surface area contributed by atoms with Gasteiger partial charge in [-0.15, -0.1) is 0 Å². The summed E-state index contributed by atoms with van der Waals surface area (Å²) in [7, 11) is 0. The van der Waals surface area contributed by atoms with E-state index in [2.05, 4.69) is 4.74 Å². The summed E-state index contributed by atoms with van der Waals surface area (Å²) in [6, 6.07) is 0. The second-order valence-electron chi connectivity index (χ2n) is 1.24. The summed E-state index contributed by atoms with van der Waals surface area (Å²) < 4.78 is 4.03. The van der Waals surface area contributed by atoms with E-state index in [1.54, 1.807) is 0 Å². The molecule has 0 aromatic heterocycles. The Morgan fingerprint density at radius 1 is 1.00 bits per heavy atom. The summed E-state index contributed by atoms with van der Waals surface area (Å²) in [4.78, 5) is 19.1. The summed E-state index contributed by atoms with van der Waals surface area (Å²) in [6.45, 7) is -1.43. The summed E-state index contributed by atoms with van der Waals surface area (Å²) in [6.07, 6.45) is 0. The third-order valence-electron chi connectivity index (χ3n) is 0.440. The molecule has 0 aliphatic heterocycles. The van der Waals surface area contributed by atoms with Crippen molar-refractivity contribution in [2.75, 3.05) is 13.2 Å². The molecule has 7 heteroatoms. The first-order valence-corrected chi connectivity index (χ1v) is 2.10. The predicted octanol–water partition coefficient (Wildman–Crippen LogP) is -2.74. The average molecular weight is 168 g/mol. The van der Waals surface area contributed by atoms with E-state index >= 15 is 0 Å². The van der Waals surface area contributed by atoms with Crippen molar-refractivity contribution < 1.29 is 24.5 Å². The summed E-state index contributed by atoms with van der Waals surface area (Å²) >= 11 is 0. The van der Waals surface area contributed by atoms with Crippen molar-refractivity contribution in [2.24, 2.45) is 0 Å². The minimum absolute atomic E-state index is 0. The molecular formula is C4H12N2O5. The molecule has 0 saturated heterocycles. The van der Waals surface area contributed by atoms with Crippen LogP contribution in [-0.4, -0.2) is 25.2 Å². The van der Waals surface area contributed by atoms with Crippen LogP contribution in [0.4, 0.5) is 0 Å². The Hall–Kier alpha value is -1.18. The molecule has 0 rings (SSSR count). The fourth-order valence-electron chi connectivity index (χ4n) is 0.218. The van der Waals surface area contributed by atoms with E-state index in [4.69, 9.17) is 0 Å². The summed E-state index contributed by atoms with van der Waals surface area (Å²) in [5, 5.41) is 19.1. The van der Waals surface area contributed by atoms with Gasteiger partial charge in [0.15, 0.2) is 0 Å². The lowest BCUT2D eigenvalue weighted by molar-refractivity contribution is -0.316. The minimum Gasteiger partial charge on any atom is -0.548 e. The third-order valence-corrected chi connectivity index (χ3v) is 0.440. The van der Waals surface area contributed by atoms with Gasteiger partial charge < -0.3 is 36.8 Å². The van der Waals surface area contributed by atoms with Gasteiger partial charge in [0.25, 0.3) is 0 Å². The highest BCUT2D eigenvalue weighted by Crippen LogP contribution is 1.68. The van der Waals surface area contributed by atoms with Gasteiger partial charge in [-0.1, -0.05) is 0 Å². The quantitative estimate of drug-likeness (QED) is 0.464. The first kappa shape index (κ1) is 16.4. The smallest absolute Gasteiger partial charge is 0.0866 e. The molecule has 0 aromatic rings. The van der Waals surface area contributed by atoms with Gasteiger partial charge >= 0.3 is 0 Å². The van der Waals surface area contributed by atoms with E-state index in [-0.39, 0.29) is 12.3 Å². The van der Waals surface area contributed by atoms with Crippen LogP contribution in [0.5, 0.6) is 0 Å². The van der Waals surface area contributed by atoms with Crippen LogP contribution in [-0.2, 0) is 14.3 Å². The lowest BCUT2D eigenvalue weighted by Crippen LogP contribution is -2.32. The van der Waals surface area contributed by atoms with E-state index in [9.17, 15) is 19.8 Å². The molecule has 0 unspecified atom stereocenters. The van der Waals surface area contributed by atoms with Crippen molar-refractivity contribution in [3.05, 3.63) is 0 Å². The van der Waals surface area contributed by atoms with Crippen LogP contribution in [0, 0.1) is 0 Å². The van der Waals surface area contributed by atoms with Crippen LogP contribution in [0.1, 0.15) is 0 Å². The molecule has 0 atom stereocenters. The minimum atomic E-state index is -1.45. The normalized spacial score (nSPS) is 7.27. The van der Waals surface area contributed by atoms with Gasteiger partial charge in [-0.25, -0.2) is 0 Å². The van der Waals surface area contributed by atoms with Crippen LogP contribution < -0.4 is 22.5 Å². The molecular weight excluding hydrogens is 156 g/mol. The second-order valence-corrected chi connectivity index (χ2v) is 1.24. The maximum Gasteiger partial charge on any atom is 0.0866 e. The molecule has 0 aromatic carbocycles. The molecule has 0 radical (unpaired) electrons. The first-order valence-electron chi connectivity index (χ1n) is 2.10. The largest absolute Gasteiger partial charge is 0.548 e. The fraction of sp³-hybridized carbons (Fsp3) is 0.500. The molecule has 0 fully saturated rings. The number of carbonyl (C=O) groups excluding carboxylic acids is 2. The van der Waals surface area contributed by atoms with Gasteiger partial charge in [0, 0.05) is 0 Å². The Bertz CT molecular complexity index is 112. The number of ether oxygens (including phenoxy) is 1. The van der Waals surface area contributed by atoms with Gasteiger partial charge in [0.05, 0.1) is 25.2 Å². The van der Waals surface area contributed by atoms with Gasteiger partial charge in [-0.05, 0) is 0 Å². The molecule has 0 aliphatic rings. The van der Waals surface area contributed by atoms with Crippen molar-refractivity contribution in [2.45, 2.75) is 0 Å². The summed E-state index contributed by atoms with van der Waals surface area (Å²) in [5.74, 6) is -2.90. The SMILES string of the molecule is O=C([O-])COCC(=O)[O-].[NH4+].[NH4+]. The Kier molecular flexibility index (Phi) is 13.2. The highest BCUT2D eigenvalue weighted by atomic mass is 16.5. The molecule has 8 N–H and O–H groups in total. The van der Waals surface area contributed by atoms with Gasteiger partial charge in [0.1, 0.15) is 0 Å². The predicted molar refractivity (Wildman–Crippen MR) is 32.8 cm³/mol. The Morgan fingerprint density at radius 2 is 1.27 bits per heavy atom. The zero-order chi connectivity index (χ0) is 7.28. The molecule has 11 heavy (non-hydrogen) atoms. The molecule has 0 saturated carbocycles. The van der Waals surface area contributed by atoms with Crippen molar-refractivity contribution >= 4 is 11.9 Å². The van der Waals surface area contributed by atoms with Crippen LogP contribution >= 0.6 is 0 Å². The number of carboxylic acids is 2. The topological polar surface area (TPSA) is 162 Å². The maximum atomic E-state index is 9.53. The molecule has 68 valence electrons. The number of rotatable bonds is 4. The van der Waals surface area contributed by atoms with Crippen molar-refractivity contribution in [3.63, 3.8) is 0 Å². The molecule has 0 spiro atoms. The van der Waals surface area contributed by atoms with E-state index in [0.29, 0.717) is 0 Å². The number of aliphatic carboxylic acids is 2. The van der Waals surface area contributed by atoms with Crippen LogP contribution in [0.2, 0.25) is 0 Å². The zero-order valence-corrected chi connectivity index (χ0v) is 6.46. The fourth-order valence-corrected chi connectivity index (χ4v) is 0.218. The van der Waals surface area contributed by atoms with Crippen LogP contribution in [0.15, 0.2) is 0 Å². The summed E-state index contributed by atoms with van der Waals surface area (Å²) in [5.41, 5.74) is 0. The molecule has 0 bridgehead atoms. The van der Waals surface area contributed by atoms with Crippen molar-refractivity contribution in [1.29, 1.82) is 0 Å². The van der Waals surface area contributed by atoms with E-state index in [0.717, 1.165) is 0 Å². The molecule has 7 nitrogen and oxygen atoms in total. The van der Waals surface area contributed by atoms with Gasteiger partial charge in [0.2, 0.25) is 0 Å². The van der Waals surface area contributed by atoms with E-state index in [1.165, 1.54) is 0 Å². The lowest BCUT2D eigenvalue weighted by Gasteiger charge is -2.03. The average Bonchev–Trinajstić information content (AvgIpc) is 1.63. The number of carbonyl (C=O) groups is 2. The number of hydrogen-bond acceptors (Lipinski definition) is 5. The highest BCUT2D eigenvalue weighted by molar-refractivity contribution is 5.68. The first-order chi connectivity index (χ1) is 4.13. The van der Waals surface area contributed by atoms with E-state index in [1.807, 2.05) is 0 Å². The Morgan fingerprint density at radius 3 is 1.45 bits per heavy atom. The Labute approximate surface area is 63.1 Å². The highest BCUT2D eigenvalue weighted by Gasteiger charge is 1.86. The van der Waals surface area contributed by atoms with E-state index < -0.39 is 25.2 Å². The zero-order valence-electron chi connectivity index (χ0n) is 6.46. The second kappa shape index (κ2) is 8.82. The molecule has 0 amide bonds. The molecule has 0 aliphatic carbocycles. The van der Waals surface area contributed by atoms with Gasteiger partial charge in [-0.2, -0.15) is 0 Å².